The van der Waals surface area contributed by atoms with Crippen molar-refractivity contribution in [1.82, 2.24) is 10.2 Å². The van der Waals surface area contributed by atoms with E-state index in [0.717, 1.165) is 44.2 Å². The van der Waals surface area contributed by atoms with Crippen LogP contribution in [-0.2, 0) is 6.18 Å². The lowest BCUT2D eigenvalue weighted by Crippen LogP contribution is -2.45. The Hall–Kier alpha value is -0.590. The molecule has 1 N–H and O–H groups in total. The average molecular weight is 351 g/mol. The fraction of sp³-hybridized carbons (Fsp3) is 0.571. The SMILES string of the molecule is CC[C@H](c1cc(Br)cc(C(F)(F)F)c1)N1CCNCC1. The smallest absolute Gasteiger partial charge is 0.314 e. The summed E-state index contributed by atoms with van der Waals surface area (Å²) in [6, 6.07) is 4.25. The third-order valence-electron chi connectivity index (χ3n) is 3.61. The van der Waals surface area contributed by atoms with Crippen molar-refractivity contribution in [3.05, 3.63) is 33.8 Å². The molecule has 0 amide bonds. The maximum atomic E-state index is 12.9. The fourth-order valence-corrected chi connectivity index (χ4v) is 3.18. The first-order valence-corrected chi connectivity index (χ1v) is 7.53. The zero-order chi connectivity index (χ0) is 14.8. The Labute approximate surface area is 125 Å². The molecule has 6 heteroatoms. The van der Waals surface area contributed by atoms with Crippen LogP contribution in [0.1, 0.15) is 30.5 Å². The van der Waals surface area contributed by atoms with Crippen LogP contribution in [0.5, 0.6) is 0 Å². The standard InChI is InChI=1S/C14H18BrF3N2/c1-2-13(20-5-3-19-4-6-20)10-7-11(14(16,17)18)9-12(15)8-10/h7-9,13,19H,2-6H2,1H3/t13-/m1/s1. The molecule has 2 nitrogen and oxygen atoms in total. The molecule has 0 aromatic heterocycles. The van der Waals surface area contributed by atoms with Crippen LogP contribution < -0.4 is 5.32 Å². The summed E-state index contributed by atoms with van der Waals surface area (Å²) in [5, 5.41) is 3.26. The topological polar surface area (TPSA) is 15.3 Å². The number of hydrogen-bond donors (Lipinski definition) is 1. The first-order chi connectivity index (χ1) is 9.41. The molecule has 2 rings (SSSR count). The summed E-state index contributed by atoms with van der Waals surface area (Å²) in [5.41, 5.74) is 0.145. The predicted molar refractivity (Wildman–Crippen MR) is 76.6 cm³/mol. The Kier molecular flexibility index (Phi) is 5.09. The molecule has 1 heterocycles. The van der Waals surface area contributed by atoms with E-state index in [2.05, 4.69) is 26.1 Å². The highest BCUT2D eigenvalue weighted by Gasteiger charge is 2.32. The van der Waals surface area contributed by atoms with Gasteiger partial charge in [0.25, 0.3) is 0 Å². The molecule has 1 fully saturated rings. The van der Waals surface area contributed by atoms with Crippen LogP contribution >= 0.6 is 15.9 Å². The molecule has 112 valence electrons. The zero-order valence-corrected chi connectivity index (χ0v) is 12.9. The van der Waals surface area contributed by atoms with E-state index in [-0.39, 0.29) is 6.04 Å². The maximum absolute atomic E-state index is 12.9. The highest BCUT2D eigenvalue weighted by Crippen LogP contribution is 2.35. The second kappa shape index (κ2) is 6.45. The van der Waals surface area contributed by atoms with Crippen molar-refractivity contribution >= 4 is 15.9 Å². The summed E-state index contributed by atoms with van der Waals surface area (Å²) in [6.45, 7) is 5.52. The Morgan fingerprint density at radius 3 is 2.45 bits per heavy atom. The predicted octanol–water partition coefficient (Wildman–Crippen LogP) is 3.82. The Bertz CT molecular complexity index is 456. The van der Waals surface area contributed by atoms with Crippen molar-refractivity contribution in [3.63, 3.8) is 0 Å². The minimum atomic E-state index is -4.31. The average Bonchev–Trinajstić information content (AvgIpc) is 2.39. The van der Waals surface area contributed by atoms with Crippen molar-refractivity contribution in [2.24, 2.45) is 0 Å². The summed E-state index contributed by atoms with van der Waals surface area (Å²) in [7, 11) is 0. The molecule has 0 saturated carbocycles. The Morgan fingerprint density at radius 1 is 1.25 bits per heavy atom. The van der Waals surface area contributed by atoms with Crippen LogP contribution in [0.3, 0.4) is 0 Å². The van der Waals surface area contributed by atoms with Gasteiger partial charge in [-0.1, -0.05) is 22.9 Å². The highest BCUT2D eigenvalue weighted by atomic mass is 79.9. The molecule has 1 aliphatic heterocycles. The van der Waals surface area contributed by atoms with E-state index in [9.17, 15) is 13.2 Å². The van der Waals surface area contributed by atoms with Crippen LogP contribution in [-0.4, -0.2) is 31.1 Å². The number of rotatable bonds is 3. The number of alkyl halides is 3. The van der Waals surface area contributed by atoms with Crippen LogP contribution in [0.25, 0.3) is 0 Å². The van der Waals surface area contributed by atoms with Gasteiger partial charge in [0.15, 0.2) is 0 Å². The summed E-state index contributed by atoms with van der Waals surface area (Å²) in [4.78, 5) is 2.25. The van der Waals surface area contributed by atoms with E-state index in [1.165, 1.54) is 6.07 Å². The lowest BCUT2D eigenvalue weighted by atomic mass is 9.99. The first kappa shape index (κ1) is 15.8. The first-order valence-electron chi connectivity index (χ1n) is 6.74. The second-order valence-corrected chi connectivity index (χ2v) is 5.90. The lowest BCUT2D eigenvalue weighted by molar-refractivity contribution is -0.137. The Balaban J connectivity index is 2.31. The lowest BCUT2D eigenvalue weighted by Gasteiger charge is -2.35. The monoisotopic (exact) mass is 350 g/mol. The number of hydrogen-bond acceptors (Lipinski definition) is 2. The molecule has 0 radical (unpaired) electrons. The van der Waals surface area contributed by atoms with Crippen molar-refractivity contribution in [2.75, 3.05) is 26.2 Å². The van der Waals surface area contributed by atoms with Gasteiger partial charge < -0.3 is 5.32 Å². The van der Waals surface area contributed by atoms with E-state index in [1.807, 2.05) is 6.92 Å². The quantitative estimate of drug-likeness (QED) is 0.891. The molecular weight excluding hydrogens is 333 g/mol. The van der Waals surface area contributed by atoms with Gasteiger partial charge in [-0.25, -0.2) is 0 Å². The Morgan fingerprint density at radius 2 is 1.90 bits per heavy atom. The molecule has 0 bridgehead atoms. The summed E-state index contributed by atoms with van der Waals surface area (Å²) in [6.07, 6.45) is -3.51. The van der Waals surface area contributed by atoms with Crippen LogP contribution in [0.15, 0.2) is 22.7 Å². The van der Waals surface area contributed by atoms with Crippen molar-refractivity contribution in [1.29, 1.82) is 0 Å². The molecule has 0 spiro atoms. The third-order valence-corrected chi connectivity index (χ3v) is 4.07. The van der Waals surface area contributed by atoms with E-state index >= 15 is 0 Å². The van der Waals surface area contributed by atoms with E-state index < -0.39 is 11.7 Å². The van der Waals surface area contributed by atoms with Gasteiger partial charge in [-0.05, 0) is 30.2 Å². The van der Waals surface area contributed by atoms with Gasteiger partial charge in [0.2, 0.25) is 0 Å². The van der Waals surface area contributed by atoms with Gasteiger partial charge in [-0.15, -0.1) is 0 Å². The zero-order valence-electron chi connectivity index (χ0n) is 11.3. The van der Waals surface area contributed by atoms with Gasteiger partial charge in [-0.3, -0.25) is 4.90 Å². The van der Waals surface area contributed by atoms with E-state index in [0.29, 0.717) is 4.47 Å². The van der Waals surface area contributed by atoms with Gasteiger partial charge in [0.05, 0.1) is 5.56 Å². The molecule has 0 aliphatic carbocycles. The number of nitrogens with one attached hydrogen (secondary N) is 1. The van der Waals surface area contributed by atoms with E-state index in [1.54, 1.807) is 6.07 Å². The van der Waals surface area contributed by atoms with Gasteiger partial charge in [0, 0.05) is 36.7 Å². The molecule has 1 saturated heterocycles. The van der Waals surface area contributed by atoms with Crippen molar-refractivity contribution in [3.8, 4) is 0 Å². The van der Waals surface area contributed by atoms with Gasteiger partial charge in [-0.2, -0.15) is 13.2 Å². The maximum Gasteiger partial charge on any atom is 0.416 e. The molecule has 0 unspecified atom stereocenters. The van der Waals surface area contributed by atoms with Gasteiger partial charge in [0.1, 0.15) is 0 Å². The number of piperazine rings is 1. The molecule has 1 atom stereocenters. The van der Waals surface area contributed by atoms with E-state index in [4.69, 9.17) is 0 Å². The molecule has 1 aromatic carbocycles. The van der Waals surface area contributed by atoms with Crippen LogP contribution in [0.2, 0.25) is 0 Å². The van der Waals surface area contributed by atoms with Crippen molar-refractivity contribution < 1.29 is 13.2 Å². The summed E-state index contributed by atoms with van der Waals surface area (Å²) >= 11 is 3.20. The molecule has 1 aromatic rings. The third kappa shape index (κ3) is 3.74. The molecular formula is C14H18BrF3N2. The second-order valence-electron chi connectivity index (χ2n) is 4.98. The molecule has 20 heavy (non-hydrogen) atoms. The summed E-state index contributed by atoms with van der Waals surface area (Å²) < 4.78 is 39.2. The van der Waals surface area contributed by atoms with Gasteiger partial charge >= 0.3 is 6.18 Å². The fourth-order valence-electron chi connectivity index (χ4n) is 2.67. The summed E-state index contributed by atoms with van der Waals surface area (Å²) in [5.74, 6) is 0. The molecule has 1 aliphatic rings. The number of benzene rings is 1. The highest BCUT2D eigenvalue weighted by molar-refractivity contribution is 9.10. The largest absolute Gasteiger partial charge is 0.416 e. The van der Waals surface area contributed by atoms with Crippen LogP contribution in [0.4, 0.5) is 13.2 Å². The van der Waals surface area contributed by atoms with Crippen molar-refractivity contribution in [2.45, 2.75) is 25.6 Å². The van der Waals surface area contributed by atoms with Crippen LogP contribution in [0, 0.1) is 0 Å². The minimum absolute atomic E-state index is 0.0377. The number of nitrogens with zero attached hydrogens (tertiary/aromatic N) is 1. The minimum Gasteiger partial charge on any atom is -0.314 e. The number of halogens is 4. The normalized spacial score (nSPS) is 19.1.